The second kappa shape index (κ2) is 7.70. The number of amides is 1. The van der Waals surface area contributed by atoms with Gasteiger partial charge < -0.3 is 10.4 Å². The molecule has 1 aromatic rings. The number of nitrogens with zero attached hydrogens (tertiary/aromatic N) is 1. The molecule has 0 bridgehead atoms. The molecule has 6 heteroatoms. The monoisotopic (exact) mass is 306 g/mol. The van der Waals surface area contributed by atoms with Crippen LogP contribution in [0.1, 0.15) is 32.8 Å². The van der Waals surface area contributed by atoms with Crippen LogP contribution < -0.4 is 5.32 Å². The Bertz CT molecular complexity index is 562. The summed E-state index contributed by atoms with van der Waals surface area (Å²) in [7, 11) is 0. The Morgan fingerprint density at radius 2 is 2.05 bits per heavy atom. The van der Waals surface area contributed by atoms with Crippen LogP contribution in [0.2, 0.25) is 0 Å². The molecule has 2 N–H and O–H groups in total. The fourth-order valence-corrected chi connectivity index (χ4v) is 2.03. The normalized spacial score (nSPS) is 13.1. The van der Waals surface area contributed by atoms with Gasteiger partial charge in [-0.05, 0) is 24.0 Å². The first kappa shape index (κ1) is 17.8. The molecular formula is C16H22N2O4. The Hall–Kier alpha value is -2.21. The predicted molar refractivity (Wildman–Crippen MR) is 85.2 cm³/mol. The molecule has 0 aliphatic heterocycles. The summed E-state index contributed by atoms with van der Waals surface area (Å²) in [6, 6.07) is 6.04. The minimum absolute atomic E-state index is 0.0178. The number of aliphatic hydroxyl groups is 1. The molecule has 6 nitrogen and oxygen atoms in total. The van der Waals surface area contributed by atoms with E-state index in [1.807, 2.05) is 20.8 Å². The molecule has 0 aliphatic rings. The molecule has 22 heavy (non-hydrogen) atoms. The van der Waals surface area contributed by atoms with E-state index in [1.165, 1.54) is 18.2 Å². The summed E-state index contributed by atoms with van der Waals surface area (Å²) in [5, 5.41) is 22.8. The SMILES string of the molecule is CC(C)(C)C(CCO)NC(=O)/C=C/c1ccccc1[N+](=O)[O-]. The van der Waals surface area contributed by atoms with Gasteiger partial charge in [0, 0.05) is 24.8 Å². The number of nitro groups is 1. The molecule has 0 fully saturated rings. The first-order valence-corrected chi connectivity index (χ1v) is 7.08. The quantitative estimate of drug-likeness (QED) is 0.480. The fraction of sp³-hybridized carbons (Fsp3) is 0.438. The molecule has 0 radical (unpaired) electrons. The van der Waals surface area contributed by atoms with E-state index in [2.05, 4.69) is 5.32 Å². The lowest BCUT2D eigenvalue weighted by Crippen LogP contribution is -2.43. The number of hydrogen-bond donors (Lipinski definition) is 2. The topological polar surface area (TPSA) is 92.5 Å². The van der Waals surface area contributed by atoms with Gasteiger partial charge in [-0.2, -0.15) is 0 Å². The maximum Gasteiger partial charge on any atom is 0.276 e. The van der Waals surface area contributed by atoms with Crippen molar-refractivity contribution in [1.82, 2.24) is 5.32 Å². The smallest absolute Gasteiger partial charge is 0.276 e. The highest BCUT2D eigenvalue weighted by atomic mass is 16.6. The van der Waals surface area contributed by atoms with Crippen molar-refractivity contribution in [2.75, 3.05) is 6.61 Å². The summed E-state index contributed by atoms with van der Waals surface area (Å²) in [5.74, 6) is -0.341. The summed E-state index contributed by atoms with van der Waals surface area (Å²) >= 11 is 0. The maximum absolute atomic E-state index is 12.0. The predicted octanol–water partition coefficient (Wildman–Crippen LogP) is 2.52. The number of nitro benzene ring substituents is 1. The Balaban J connectivity index is 2.82. The van der Waals surface area contributed by atoms with Gasteiger partial charge in [-0.15, -0.1) is 0 Å². The molecular weight excluding hydrogens is 284 g/mol. The van der Waals surface area contributed by atoms with Gasteiger partial charge >= 0.3 is 0 Å². The van der Waals surface area contributed by atoms with E-state index in [9.17, 15) is 14.9 Å². The van der Waals surface area contributed by atoms with Crippen LogP contribution >= 0.6 is 0 Å². The molecule has 0 saturated heterocycles. The van der Waals surface area contributed by atoms with Gasteiger partial charge in [-0.1, -0.05) is 32.9 Å². The molecule has 1 aromatic carbocycles. The lowest BCUT2D eigenvalue weighted by atomic mass is 9.85. The third-order valence-electron chi connectivity index (χ3n) is 3.33. The van der Waals surface area contributed by atoms with E-state index in [-0.39, 0.29) is 29.7 Å². The van der Waals surface area contributed by atoms with Crippen molar-refractivity contribution in [2.45, 2.75) is 33.2 Å². The van der Waals surface area contributed by atoms with Crippen molar-refractivity contribution >= 4 is 17.7 Å². The van der Waals surface area contributed by atoms with Crippen molar-refractivity contribution in [3.05, 3.63) is 46.0 Å². The van der Waals surface area contributed by atoms with Gasteiger partial charge in [-0.3, -0.25) is 14.9 Å². The van der Waals surface area contributed by atoms with Gasteiger partial charge in [0.1, 0.15) is 0 Å². The number of hydrogen-bond acceptors (Lipinski definition) is 4. The first-order valence-electron chi connectivity index (χ1n) is 7.08. The van der Waals surface area contributed by atoms with Crippen LogP contribution in [0.4, 0.5) is 5.69 Å². The lowest BCUT2D eigenvalue weighted by Gasteiger charge is -2.30. The molecule has 1 amide bonds. The summed E-state index contributed by atoms with van der Waals surface area (Å²) < 4.78 is 0. The maximum atomic E-state index is 12.0. The Morgan fingerprint density at radius 3 is 2.59 bits per heavy atom. The number of rotatable bonds is 6. The number of aliphatic hydroxyl groups excluding tert-OH is 1. The van der Waals surface area contributed by atoms with E-state index in [0.717, 1.165) is 0 Å². The summed E-state index contributed by atoms with van der Waals surface area (Å²) in [4.78, 5) is 22.4. The fourth-order valence-electron chi connectivity index (χ4n) is 2.03. The van der Waals surface area contributed by atoms with Gasteiger partial charge in [0.25, 0.3) is 5.69 Å². The Labute approximate surface area is 130 Å². The zero-order valence-electron chi connectivity index (χ0n) is 13.1. The molecule has 1 unspecified atom stereocenters. The Morgan fingerprint density at radius 1 is 1.41 bits per heavy atom. The zero-order chi connectivity index (χ0) is 16.8. The lowest BCUT2D eigenvalue weighted by molar-refractivity contribution is -0.385. The van der Waals surface area contributed by atoms with E-state index in [0.29, 0.717) is 12.0 Å². The van der Waals surface area contributed by atoms with Crippen molar-refractivity contribution in [1.29, 1.82) is 0 Å². The summed E-state index contributed by atoms with van der Waals surface area (Å²) in [6.45, 7) is 5.90. The number of nitrogens with one attached hydrogen (secondary N) is 1. The van der Waals surface area contributed by atoms with Crippen LogP contribution in [-0.2, 0) is 4.79 Å². The Kier molecular flexibility index (Phi) is 6.24. The molecule has 0 aromatic heterocycles. The second-order valence-electron chi connectivity index (χ2n) is 6.09. The molecule has 0 aliphatic carbocycles. The van der Waals surface area contributed by atoms with Crippen LogP contribution in [0, 0.1) is 15.5 Å². The highest BCUT2D eigenvalue weighted by Gasteiger charge is 2.25. The van der Waals surface area contributed by atoms with Crippen LogP contribution in [-0.4, -0.2) is 28.6 Å². The number of benzene rings is 1. The average molecular weight is 306 g/mol. The third-order valence-corrected chi connectivity index (χ3v) is 3.33. The minimum Gasteiger partial charge on any atom is -0.396 e. The number of carbonyl (C=O) groups is 1. The van der Waals surface area contributed by atoms with Crippen LogP contribution in [0.5, 0.6) is 0 Å². The number of para-hydroxylation sites is 1. The minimum atomic E-state index is -0.485. The van der Waals surface area contributed by atoms with Crippen LogP contribution in [0.25, 0.3) is 6.08 Å². The molecule has 1 rings (SSSR count). The molecule has 1 atom stereocenters. The highest BCUT2D eigenvalue weighted by molar-refractivity contribution is 5.92. The highest BCUT2D eigenvalue weighted by Crippen LogP contribution is 2.22. The standard InChI is InChI=1S/C16H22N2O4/c1-16(2,3)14(10-11-19)17-15(20)9-8-12-6-4-5-7-13(12)18(21)22/h4-9,14,19H,10-11H2,1-3H3,(H,17,20)/b9-8+. The van der Waals surface area contributed by atoms with E-state index < -0.39 is 4.92 Å². The van der Waals surface area contributed by atoms with E-state index >= 15 is 0 Å². The zero-order valence-corrected chi connectivity index (χ0v) is 13.1. The van der Waals surface area contributed by atoms with E-state index in [4.69, 9.17) is 5.11 Å². The van der Waals surface area contributed by atoms with Crippen LogP contribution in [0.15, 0.2) is 30.3 Å². The largest absolute Gasteiger partial charge is 0.396 e. The summed E-state index contributed by atoms with van der Waals surface area (Å²) in [5.41, 5.74) is 0.136. The van der Waals surface area contributed by atoms with Gasteiger partial charge in [0.05, 0.1) is 10.5 Å². The molecule has 0 spiro atoms. The van der Waals surface area contributed by atoms with Gasteiger partial charge in [0.15, 0.2) is 0 Å². The average Bonchev–Trinajstić information content (AvgIpc) is 2.44. The van der Waals surface area contributed by atoms with Crippen LogP contribution in [0.3, 0.4) is 0 Å². The molecule has 120 valence electrons. The molecule has 0 heterocycles. The van der Waals surface area contributed by atoms with Gasteiger partial charge in [-0.25, -0.2) is 0 Å². The third kappa shape index (κ3) is 5.29. The van der Waals surface area contributed by atoms with Gasteiger partial charge in [0.2, 0.25) is 5.91 Å². The van der Waals surface area contributed by atoms with Crippen molar-refractivity contribution < 1.29 is 14.8 Å². The van der Waals surface area contributed by atoms with Crippen molar-refractivity contribution in [3.8, 4) is 0 Å². The summed E-state index contributed by atoms with van der Waals surface area (Å²) in [6.07, 6.45) is 3.15. The first-order chi connectivity index (χ1) is 10.3. The van der Waals surface area contributed by atoms with Crippen molar-refractivity contribution in [3.63, 3.8) is 0 Å². The number of carbonyl (C=O) groups excluding carboxylic acids is 1. The van der Waals surface area contributed by atoms with Crippen molar-refractivity contribution in [2.24, 2.45) is 5.41 Å². The molecule has 0 saturated carbocycles. The van der Waals surface area contributed by atoms with E-state index in [1.54, 1.807) is 18.2 Å². The second-order valence-corrected chi connectivity index (χ2v) is 6.09.